The molecule has 0 radical (unpaired) electrons. The first-order valence-electron chi connectivity index (χ1n) is 12.7. The third-order valence-electron chi connectivity index (χ3n) is 6.65. The molecule has 2 atom stereocenters. The van der Waals surface area contributed by atoms with Crippen LogP contribution in [0.2, 0.25) is 0 Å². The van der Waals surface area contributed by atoms with Crippen LogP contribution in [0.1, 0.15) is 37.6 Å². The van der Waals surface area contributed by atoms with E-state index in [1.165, 1.54) is 0 Å². The molecular weight excluding hydrogens is 488 g/mol. The molecule has 1 fully saturated rings. The van der Waals surface area contributed by atoms with Gasteiger partial charge in [-0.3, -0.25) is 9.69 Å². The van der Waals surface area contributed by atoms with E-state index in [1.54, 1.807) is 34.2 Å². The second kappa shape index (κ2) is 11.4. The summed E-state index contributed by atoms with van der Waals surface area (Å²) >= 11 is 1.63. The van der Waals surface area contributed by atoms with Crippen LogP contribution < -0.4 is 10.1 Å². The van der Waals surface area contributed by atoms with Gasteiger partial charge in [0.05, 0.1) is 41.2 Å². The summed E-state index contributed by atoms with van der Waals surface area (Å²) in [6.07, 6.45) is 4.32. The van der Waals surface area contributed by atoms with Gasteiger partial charge in [0.1, 0.15) is 6.10 Å². The fourth-order valence-electron chi connectivity index (χ4n) is 4.54. The Labute approximate surface area is 220 Å². The van der Waals surface area contributed by atoms with Gasteiger partial charge in [-0.2, -0.15) is 5.10 Å². The maximum Gasteiger partial charge on any atom is 0.251 e. The standard InChI is InChI=1S/C27H32N6O3S/c1-4-32(5-2)18(3)15-28-27(34)19-13-23(30-25(14-19)36-20-9-11-35-17-20)21-16-29-33-10-8-22(31-26(21)33)24-7-6-12-37-24/h6-8,10,12-14,16,18,20H,4-5,9,11,15,17H2,1-3H3,(H,28,34)/t18-,20-/m0/s1. The molecule has 1 saturated heterocycles. The van der Waals surface area contributed by atoms with Gasteiger partial charge >= 0.3 is 0 Å². The van der Waals surface area contributed by atoms with Crippen LogP contribution >= 0.6 is 11.3 Å². The normalized spacial score (nSPS) is 16.4. The first-order chi connectivity index (χ1) is 18.1. The molecule has 0 aliphatic carbocycles. The number of nitrogens with zero attached hydrogens (tertiary/aromatic N) is 5. The third-order valence-corrected chi connectivity index (χ3v) is 7.54. The largest absolute Gasteiger partial charge is 0.472 e. The quantitative estimate of drug-likeness (QED) is 0.336. The molecule has 37 heavy (non-hydrogen) atoms. The lowest BCUT2D eigenvalue weighted by Gasteiger charge is -2.26. The van der Waals surface area contributed by atoms with Crippen molar-refractivity contribution in [2.75, 3.05) is 32.8 Å². The van der Waals surface area contributed by atoms with E-state index in [0.717, 1.165) is 35.6 Å². The summed E-state index contributed by atoms with van der Waals surface area (Å²) in [6.45, 7) is 9.96. The smallest absolute Gasteiger partial charge is 0.251 e. The van der Waals surface area contributed by atoms with Gasteiger partial charge in [0.15, 0.2) is 5.65 Å². The number of likely N-dealkylation sites (N-methyl/N-ethyl adjacent to an activating group) is 1. The van der Waals surface area contributed by atoms with Gasteiger partial charge in [-0.1, -0.05) is 19.9 Å². The maximum atomic E-state index is 13.3. The van der Waals surface area contributed by atoms with Crippen LogP contribution in [0.3, 0.4) is 0 Å². The van der Waals surface area contributed by atoms with Crippen LogP contribution in [0.25, 0.3) is 27.5 Å². The zero-order valence-electron chi connectivity index (χ0n) is 21.4. The Hall–Kier alpha value is -3.34. The number of carbonyl (C=O) groups excluding carboxylic acids is 1. The van der Waals surface area contributed by atoms with Crippen LogP contribution in [-0.4, -0.2) is 75.4 Å². The van der Waals surface area contributed by atoms with E-state index < -0.39 is 0 Å². The average Bonchev–Trinajstić information content (AvgIpc) is 3.69. The van der Waals surface area contributed by atoms with Gasteiger partial charge < -0.3 is 14.8 Å². The maximum absolute atomic E-state index is 13.3. The van der Waals surface area contributed by atoms with E-state index >= 15 is 0 Å². The number of aromatic nitrogens is 4. The van der Waals surface area contributed by atoms with Gasteiger partial charge in [-0.25, -0.2) is 14.5 Å². The molecule has 4 aromatic rings. The zero-order valence-corrected chi connectivity index (χ0v) is 22.2. The average molecular weight is 521 g/mol. The zero-order chi connectivity index (χ0) is 25.8. The Balaban J connectivity index is 1.48. The molecular formula is C27H32N6O3S. The number of nitrogens with one attached hydrogen (secondary N) is 1. The Morgan fingerprint density at radius 3 is 2.86 bits per heavy atom. The van der Waals surface area contributed by atoms with Crippen molar-refractivity contribution in [1.29, 1.82) is 0 Å². The first kappa shape index (κ1) is 25.3. The van der Waals surface area contributed by atoms with Crippen molar-refractivity contribution in [3.8, 4) is 27.7 Å². The molecule has 4 aromatic heterocycles. The van der Waals surface area contributed by atoms with Crippen molar-refractivity contribution >= 4 is 22.9 Å². The summed E-state index contributed by atoms with van der Waals surface area (Å²) in [6, 6.07) is 9.70. The van der Waals surface area contributed by atoms with Crippen LogP contribution in [0, 0.1) is 0 Å². The molecule has 194 valence electrons. The van der Waals surface area contributed by atoms with Gasteiger partial charge in [-0.15, -0.1) is 11.3 Å². The number of thiophene rings is 1. The minimum Gasteiger partial charge on any atom is -0.472 e. The summed E-state index contributed by atoms with van der Waals surface area (Å²) in [5.41, 5.74) is 3.34. The molecule has 1 aliphatic rings. The third kappa shape index (κ3) is 5.66. The Morgan fingerprint density at radius 2 is 2.14 bits per heavy atom. The fraction of sp³-hybridized carbons (Fsp3) is 0.407. The SMILES string of the molecule is CCN(CC)[C@@H](C)CNC(=O)c1cc(O[C@H]2CCOC2)nc(-c2cnn3ccc(-c4cccs4)nc23)c1. The number of amides is 1. The predicted octanol–water partition coefficient (Wildman–Crippen LogP) is 4.15. The highest BCUT2D eigenvalue weighted by atomic mass is 32.1. The summed E-state index contributed by atoms with van der Waals surface area (Å²) in [7, 11) is 0. The van der Waals surface area contributed by atoms with Crippen LogP contribution in [-0.2, 0) is 4.74 Å². The second-order valence-corrected chi connectivity index (χ2v) is 10.0. The molecule has 0 spiro atoms. The lowest BCUT2D eigenvalue weighted by atomic mass is 10.1. The lowest BCUT2D eigenvalue weighted by Crippen LogP contribution is -2.42. The van der Waals surface area contributed by atoms with Crippen molar-refractivity contribution in [2.45, 2.75) is 39.3 Å². The number of rotatable bonds is 10. The number of carbonyl (C=O) groups is 1. The molecule has 0 bridgehead atoms. The summed E-state index contributed by atoms with van der Waals surface area (Å²) in [5, 5.41) is 9.58. The van der Waals surface area contributed by atoms with Crippen LogP contribution in [0.4, 0.5) is 0 Å². The van der Waals surface area contributed by atoms with E-state index in [-0.39, 0.29) is 18.1 Å². The lowest BCUT2D eigenvalue weighted by molar-refractivity contribution is 0.0936. The van der Waals surface area contributed by atoms with Gasteiger partial charge in [0, 0.05) is 36.8 Å². The van der Waals surface area contributed by atoms with Gasteiger partial charge in [0.2, 0.25) is 5.88 Å². The van der Waals surface area contributed by atoms with Crippen molar-refractivity contribution in [1.82, 2.24) is 29.8 Å². The fourth-order valence-corrected chi connectivity index (χ4v) is 5.24. The molecule has 0 unspecified atom stereocenters. The molecule has 1 N–H and O–H groups in total. The van der Waals surface area contributed by atoms with E-state index in [9.17, 15) is 4.79 Å². The molecule has 0 saturated carbocycles. The summed E-state index contributed by atoms with van der Waals surface area (Å²) in [4.78, 5) is 26.3. The number of ether oxygens (including phenoxy) is 2. The topological polar surface area (TPSA) is 93.9 Å². The first-order valence-corrected chi connectivity index (χ1v) is 13.6. The predicted molar refractivity (Wildman–Crippen MR) is 144 cm³/mol. The van der Waals surface area contributed by atoms with Crippen molar-refractivity contribution in [2.24, 2.45) is 0 Å². The molecule has 5 heterocycles. The highest BCUT2D eigenvalue weighted by Gasteiger charge is 2.21. The highest BCUT2D eigenvalue weighted by molar-refractivity contribution is 7.13. The molecule has 9 nitrogen and oxygen atoms in total. The number of hydrogen-bond acceptors (Lipinski definition) is 8. The monoisotopic (exact) mass is 520 g/mol. The summed E-state index contributed by atoms with van der Waals surface area (Å²) < 4.78 is 13.3. The minimum atomic E-state index is -0.168. The van der Waals surface area contributed by atoms with Crippen molar-refractivity contribution in [3.05, 3.63) is 53.7 Å². The summed E-state index contributed by atoms with van der Waals surface area (Å²) in [5.74, 6) is 0.225. The highest BCUT2D eigenvalue weighted by Crippen LogP contribution is 2.29. The second-order valence-electron chi connectivity index (χ2n) is 9.08. The van der Waals surface area contributed by atoms with Crippen molar-refractivity contribution < 1.29 is 14.3 Å². The van der Waals surface area contributed by atoms with E-state index in [2.05, 4.69) is 36.1 Å². The van der Waals surface area contributed by atoms with E-state index in [4.69, 9.17) is 19.4 Å². The molecule has 5 rings (SSSR count). The number of hydrogen-bond donors (Lipinski definition) is 1. The van der Waals surface area contributed by atoms with Gasteiger partial charge in [-0.05, 0) is 43.6 Å². The number of fused-ring (bicyclic) bond motifs is 1. The Morgan fingerprint density at radius 1 is 1.27 bits per heavy atom. The van der Waals surface area contributed by atoms with E-state index in [1.807, 2.05) is 29.8 Å². The Bertz CT molecular complexity index is 1350. The van der Waals surface area contributed by atoms with Gasteiger partial charge in [0.25, 0.3) is 5.91 Å². The molecule has 1 aliphatic heterocycles. The van der Waals surface area contributed by atoms with E-state index in [0.29, 0.717) is 42.5 Å². The van der Waals surface area contributed by atoms with Crippen LogP contribution in [0.15, 0.2) is 48.1 Å². The Kier molecular flexibility index (Phi) is 7.78. The minimum absolute atomic E-state index is 0.0891. The van der Waals surface area contributed by atoms with Crippen molar-refractivity contribution in [3.63, 3.8) is 0 Å². The molecule has 1 amide bonds. The van der Waals surface area contributed by atoms with Crippen LogP contribution in [0.5, 0.6) is 5.88 Å². The molecule has 10 heteroatoms. The number of pyridine rings is 1. The molecule has 0 aromatic carbocycles.